The van der Waals surface area contributed by atoms with E-state index >= 15 is 0 Å². The summed E-state index contributed by atoms with van der Waals surface area (Å²) in [4.78, 5) is 12.2. The van der Waals surface area contributed by atoms with E-state index in [2.05, 4.69) is 0 Å². The second-order valence-electron chi connectivity index (χ2n) is 4.59. The molecule has 0 N–H and O–H groups in total. The summed E-state index contributed by atoms with van der Waals surface area (Å²) in [5.41, 5.74) is 0.274. The third-order valence-corrected chi connectivity index (χ3v) is 5.04. The number of ketones is 1. The first-order valence-corrected chi connectivity index (χ1v) is 8.75. The maximum absolute atomic E-state index is 12.8. The largest absolute Gasteiger partial charge is 0.500 e. The number of rotatable bonds is 6. The highest BCUT2D eigenvalue weighted by atomic mass is 35.5. The quantitative estimate of drug-likeness (QED) is 0.450. The average Bonchev–Trinajstić information content (AvgIpc) is 2.56. The zero-order valence-corrected chi connectivity index (χ0v) is 14.0. The normalized spacial score (nSPS) is 12.0. The molecule has 23 heavy (non-hydrogen) atoms. The molecule has 0 fully saturated rings. The highest BCUT2D eigenvalue weighted by Gasteiger charge is 2.28. The number of carbonyl (C=O) groups excluding carboxylic acids is 1. The molecule has 0 aliphatic rings. The Bertz CT molecular complexity index is 809. The van der Waals surface area contributed by atoms with Crippen LogP contribution in [0, 0.1) is 0 Å². The van der Waals surface area contributed by atoms with Crippen molar-refractivity contribution in [2.45, 2.75) is 11.8 Å². The first kappa shape index (κ1) is 17.2. The van der Waals surface area contributed by atoms with Crippen molar-refractivity contribution >= 4 is 27.2 Å². The number of halogens is 1. The molecule has 4 nitrogen and oxygen atoms in total. The Morgan fingerprint density at radius 3 is 2.26 bits per heavy atom. The third kappa shape index (κ3) is 4.00. The van der Waals surface area contributed by atoms with Crippen LogP contribution in [0.3, 0.4) is 0 Å². The molecule has 0 bridgehead atoms. The topological polar surface area (TPSA) is 60.4 Å². The van der Waals surface area contributed by atoms with E-state index in [-0.39, 0.29) is 17.1 Å². The van der Waals surface area contributed by atoms with Crippen LogP contribution in [-0.2, 0) is 14.6 Å². The molecule has 2 rings (SSSR count). The van der Waals surface area contributed by atoms with Crippen molar-refractivity contribution in [2.24, 2.45) is 0 Å². The second kappa shape index (κ2) is 7.44. The highest BCUT2D eigenvalue weighted by Crippen LogP contribution is 2.24. The molecule has 120 valence electrons. The Morgan fingerprint density at radius 2 is 1.70 bits per heavy atom. The van der Waals surface area contributed by atoms with Crippen molar-refractivity contribution in [2.75, 3.05) is 6.61 Å². The average molecular weight is 351 g/mol. The van der Waals surface area contributed by atoms with E-state index in [4.69, 9.17) is 16.3 Å². The van der Waals surface area contributed by atoms with Crippen LogP contribution in [0.4, 0.5) is 0 Å². The fourth-order valence-corrected chi connectivity index (χ4v) is 3.30. The van der Waals surface area contributed by atoms with Crippen molar-refractivity contribution in [1.82, 2.24) is 0 Å². The summed E-state index contributed by atoms with van der Waals surface area (Å²) >= 11 is 5.78. The minimum Gasteiger partial charge on any atom is -0.500 e. The molecular formula is C17H15ClO4S. The highest BCUT2D eigenvalue weighted by molar-refractivity contribution is 7.96. The first-order valence-electron chi connectivity index (χ1n) is 6.89. The first-order chi connectivity index (χ1) is 11.0. The van der Waals surface area contributed by atoms with Gasteiger partial charge in [0, 0.05) is 10.6 Å². The van der Waals surface area contributed by atoms with Gasteiger partial charge in [-0.25, -0.2) is 8.42 Å². The molecule has 0 aromatic heterocycles. The van der Waals surface area contributed by atoms with Gasteiger partial charge in [0.25, 0.3) is 0 Å². The molecule has 0 saturated heterocycles. The number of benzene rings is 2. The van der Waals surface area contributed by atoms with Crippen LogP contribution in [0.1, 0.15) is 17.3 Å². The van der Waals surface area contributed by atoms with Gasteiger partial charge in [-0.05, 0) is 31.2 Å². The van der Waals surface area contributed by atoms with Gasteiger partial charge >= 0.3 is 0 Å². The van der Waals surface area contributed by atoms with E-state index < -0.39 is 20.5 Å². The summed E-state index contributed by atoms with van der Waals surface area (Å²) in [6.07, 6.45) is 0.999. The van der Waals surface area contributed by atoms with Gasteiger partial charge in [0.2, 0.25) is 15.6 Å². The minimum atomic E-state index is -4.01. The van der Waals surface area contributed by atoms with Crippen molar-refractivity contribution in [3.63, 3.8) is 0 Å². The summed E-state index contributed by atoms with van der Waals surface area (Å²) in [5.74, 6) is -0.617. The summed E-state index contributed by atoms with van der Waals surface area (Å²) in [6.45, 7) is 1.96. The molecule has 0 unspecified atom stereocenters. The number of hydrogen-bond donors (Lipinski definition) is 0. The van der Waals surface area contributed by atoms with Crippen LogP contribution in [0.2, 0.25) is 5.02 Å². The Labute approximate surface area is 140 Å². The molecule has 0 atom stereocenters. The lowest BCUT2D eigenvalue weighted by Gasteiger charge is -2.09. The van der Waals surface area contributed by atoms with Gasteiger partial charge in [-0.2, -0.15) is 0 Å². The molecule has 0 radical (unpaired) electrons. The maximum atomic E-state index is 12.8. The van der Waals surface area contributed by atoms with E-state index in [0.717, 1.165) is 6.26 Å². The molecule has 2 aromatic rings. The van der Waals surface area contributed by atoms with Crippen molar-refractivity contribution < 1.29 is 17.9 Å². The number of carbonyl (C=O) groups is 1. The molecule has 0 aliphatic carbocycles. The Balaban J connectivity index is 2.50. The van der Waals surface area contributed by atoms with Crippen LogP contribution >= 0.6 is 11.6 Å². The number of allylic oxidation sites excluding steroid dienone is 1. The lowest BCUT2D eigenvalue weighted by molar-refractivity contribution is 0.103. The fourth-order valence-electron chi connectivity index (χ4n) is 1.87. The monoisotopic (exact) mass is 350 g/mol. The van der Waals surface area contributed by atoms with Gasteiger partial charge in [-0.3, -0.25) is 4.79 Å². The van der Waals surface area contributed by atoms with Crippen LogP contribution in [-0.4, -0.2) is 20.8 Å². The van der Waals surface area contributed by atoms with E-state index in [1.807, 2.05) is 0 Å². The molecular weight excluding hydrogens is 336 g/mol. The lowest BCUT2D eigenvalue weighted by Crippen LogP contribution is -2.15. The molecule has 0 amide bonds. The van der Waals surface area contributed by atoms with Crippen LogP contribution in [0.5, 0.6) is 0 Å². The predicted octanol–water partition coefficient (Wildman–Crippen LogP) is 3.87. The van der Waals surface area contributed by atoms with Crippen molar-refractivity contribution in [1.29, 1.82) is 0 Å². The smallest absolute Gasteiger partial charge is 0.213 e. The number of hydrogen-bond acceptors (Lipinski definition) is 4. The molecule has 0 spiro atoms. The SMILES string of the molecule is CCOC=C(C(=O)c1ccccc1)S(=O)(=O)c1ccc(Cl)cc1. The molecule has 2 aromatic carbocycles. The standard InChI is InChI=1S/C17H15ClO4S/c1-2-22-12-16(17(19)13-6-4-3-5-7-13)23(20,21)15-10-8-14(18)9-11-15/h3-12H,2H2,1H3. The molecule has 6 heteroatoms. The fraction of sp³-hybridized carbons (Fsp3) is 0.118. The van der Waals surface area contributed by atoms with Gasteiger partial charge in [0.1, 0.15) is 6.26 Å². The number of Topliss-reactive ketones (excluding diaryl/α,β-unsaturated/α-hetero) is 1. The van der Waals surface area contributed by atoms with Crippen LogP contribution < -0.4 is 0 Å². The Hall–Kier alpha value is -2.11. The number of sulfone groups is 1. The molecule has 0 heterocycles. The zero-order chi connectivity index (χ0) is 16.9. The summed E-state index contributed by atoms with van der Waals surface area (Å²) < 4.78 is 30.6. The van der Waals surface area contributed by atoms with Gasteiger partial charge < -0.3 is 4.74 Å². The second-order valence-corrected chi connectivity index (χ2v) is 6.94. The maximum Gasteiger partial charge on any atom is 0.213 e. The Kier molecular flexibility index (Phi) is 5.58. The number of ether oxygens (including phenoxy) is 1. The van der Waals surface area contributed by atoms with Gasteiger partial charge in [-0.15, -0.1) is 0 Å². The molecule has 0 aliphatic heterocycles. The van der Waals surface area contributed by atoms with E-state index in [9.17, 15) is 13.2 Å². The van der Waals surface area contributed by atoms with Crippen LogP contribution in [0.15, 0.2) is 70.7 Å². The third-order valence-electron chi connectivity index (χ3n) is 3.03. The van der Waals surface area contributed by atoms with E-state index in [0.29, 0.717) is 5.02 Å². The van der Waals surface area contributed by atoms with Gasteiger partial charge in [0.15, 0.2) is 4.91 Å². The molecule has 0 saturated carbocycles. The van der Waals surface area contributed by atoms with E-state index in [1.165, 1.54) is 24.3 Å². The minimum absolute atomic E-state index is 0.0165. The predicted molar refractivity (Wildman–Crippen MR) is 89.1 cm³/mol. The van der Waals surface area contributed by atoms with E-state index in [1.54, 1.807) is 37.3 Å². The lowest BCUT2D eigenvalue weighted by atomic mass is 10.1. The summed E-state index contributed by atoms with van der Waals surface area (Å²) in [5, 5.41) is 0.411. The van der Waals surface area contributed by atoms with Crippen molar-refractivity contribution in [3.8, 4) is 0 Å². The van der Waals surface area contributed by atoms with Crippen LogP contribution in [0.25, 0.3) is 0 Å². The van der Waals surface area contributed by atoms with Gasteiger partial charge in [0.05, 0.1) is 11.5 Å². The summed E-state index contributed by atoms with van der Waals surface area (Å²) in [7, 11) is -4.01. The summed E-state index contributed by atoms with van der Waals surface area (Å²) in [6, 6.07) is 13.8. The van der Waals surface area contributed by atoms with Gasteiger partial charge in [-0.1, -0.05) is 41.9 Å². The Morgan fingerprint density at radius 1 is 1.09 bits per heavy atom. The van der Waals surface area contributed by atoms with Crippen molar-refractivity contribution in [3.05, 3.63) is 76.4 Å². The zero-order valence-electron chi connectivity index (χ0n) is 12.4.